The second kappa shape index (κ2) is 8.47. The quantitative estimate of drug-likeness (QED) is 0.720. The van der Waals surface area contributed by atoms with E-state index in [2.05, 4.69) is 25.8 Å². The van der Waals surface area contributed by atoms with Crippen molar-refractivity contribution < 1.29 is 9.59 Å². The maximum absolute atomic E-state index is 13.2. The van der Waals surface area contributed by atoms with E-state index in [4.69, 9.17) is 0 Å². The molecule has 0 spiro atoms. The van der Waals surface area contributed by atoms with Gasteiger partial charge in [-0.2, -0.15) is 0 Å². The number of carbonyl (C=O) groups is 2. The first-order valence-corrected chi connectivity index (χ1v) is 10.3. The molecule has 1 aromatic heterocycles. The Hall–Kier alpha value is -2.15. The molecule has 0 saturated carbocycles. The van der Waals surface area contributed by atoms with Crippen LogP contribution in [0.5, 0.6) is 0 Å². The van der Waals surface area contributed by atoms with E-state index < -0.39 is 5.54 Å². The summed E-state index contributed by atoms with van der Waals surface area (Å²) in [5, 5.41) is 9.17. The number of nitrogens with zero attached hydrogens (tertiary/aromatic N) is 2. The number of amides is 3. The molecule has 2 aliphatic rings. The van der Waals surface area contributed by atoms with Gasteiger partial charge in [0.05, 0.1) is 0 Å². The van der Waals surface area contributed by atoms with E-state index in [1.807, 2.05) is 32.9 Å². The summed E-state index contributed by atoms with van der Waals surface area (Å²) in [7, 11) is 0. The summed E-state index contributed by atoms with van der Waals surface area (Å²) >= 11 is 0. The minimum atomic E-state index is -0.490. The van der Waals surface area contributed by atoms with Crippen LogP contribution in [-0.4, -0.2) is 58.6 Å². The summed E-state index contributed by atoms with van der Waals surface area (Å²) in [4.78, 5) is 31.7. The lowest BCUT2D eigenvalue weighted by atomic mass is 9.84. The summed E-state index contributed by atoms with van der Waals surface area (Å²) in [6, 6.07) is 3.78. The predicted octanol–water partition coefficient (Wildman–Crippen LogP) is 1.84. The molecule has 2 fully saturated rings. The fourth-order valence-electron chi connectivity index (χ4n) is 4.37. The van der Waals surface area contributed by atoms with E-state index in [9.17, 15) is 9.59 Å². The van der Waals surface area contributed by atoms with Crippen LogP contribution in [0.3, 0.4) is 0 Å². The second-order valence-electron chi connectivity index (χ2n) is 9.05. The van der Waals surface area contributed by atoms with Gasteiger partial charge in [-0.3, -0.25) is 14.7 Å². The average molecular weight is 388 g/mol. The molecule has 0 unspecified atom stereocenters. The summed E-state index contributed by atoms with van der Waals surface area (Å²) in [5.74, 6) is 0.0989. The molecule has 2 aliphatic heterocycles. The van der Waals surface area contributed by atoms with Crippen molar-refractivity contribution in [3.63, 3.8) is 0 Å². The molecule has 28 heavy (non-hydrogen) atoms. The Kier molecular flexibility index (Phi) is 6.23. The van der Waals surface area contributed by atoms with Crippen molar-refractivity contribution >= 4 is 11.9 Å². The Morgan fingerprint density at radius 2 is 2.00 bits per heavy atom. The molecule has 2 atom stereocenters. The van der Waals surface area contributed by atoms with Crippen molar-refractivity contribution in [2.75, 3.05) is 19.6 Å². The van der Waals surface area contributed by atoms with Crippen LogP contribution in [0, 0.1) is 0 Å². The molecule has 3 rings (SSSR count). The number of aromatic nitrogens is 1. The number of hydrogen-bond acceptors (Lipinski definition) is 4. The van der Waals surface area contributed by atoms with Gasteiger partial charge in [0.25, 0.3) is 0 Å². The van der Waals surface area contributed by atoms with Gasteiger partial charge in [-0.05, 0) is 77.1 Å². The molecule has 3 N–H and O–H groups in total. The van der Waals surface area contributed by atoms with Crippen LogP contribution in [0.15, 0.2) is 24.5 Å². The number of fused-ring (bicyclic) bond motifs is 1. The number of rotatable bonds is 5. The van der Waals surface area contributed by atoms with E-state index in [1.165, 1.54) is 0 Å². The fourth-order valence-corrected chi connectivity index (χ4v) is 4.37. The Morgan fingerprint density at radius 3 is 2.71 bits per heavy atom. The Labute approximate surface area is 167 Å². The van der Waals surface area contributed by atoms with E-state index >= 15 is 0 Å². The Balaban J connectivity index is 1.59. The molecule has 0 radical (unpaired) electrons. The van der Waals surface area contributed by atoms with Crippen LogP contribution in [0.4, 0.5) is 4.79 Å². The number of carbonyl (C=O) groups excluding carboxylic acids is 2. The first kappa shape index (κ1) is 20.6. The van der Waals surface area contributed by atoms with Crippen molar-refractivity contribution in [1.29, 1.82) is 0 Å². The second-order valence-corrected chi connectivity index (χ2v) is 9.05. The monoisotopic (exact) mass is 387 g/mol. The molecule has 154 valence electrons. The SMILES string of the molecule is CC(C)(C)NC(=O)N[C@@H]1CN2CCCC[C@@]2(C(=O)NCCc2ccncc2)C1. The molecule has 3 amide bonds. The highest BCUT2D eigenvalue weighted by Crippen LogP contribution is 2.38. The predicted molar refractivity (Wildman–Crippen MR) is 109 cm³/mol. The number of nitrogens with one attached hydrogen (secondary N) is 3. The summed E-state index contributed by atoms with van der Waals surface area (Å²) in [6.45, 7) is 8.14. The van der Waals surface area contributed by atoms with Gasteiger partial charge in [0.2, 0.25) is 5.91 Å². The molecule has 2 saturated heterocycles. The Bertz CT molecular complexity index is 688. The van der Waals surface area contributed by atoms with Gasteiger partial charge in [-0.1, -0.05) is 0 Å². The molecular weight excluding hydrogens is 354 g/mol. The number of hydrogen-bond donors (Lipinski definition) is 3. The van der Waals surface area contributed by atoms with Crippen molar-refractivity contribution in [3.8, 4) is 0 Å². The average Bonchev–Trinajstić information content (AvgIpc) is 2.99. The molecule has 7 heteroatoms. The molecule has 0 aliphatic carbocycles. The summed E-state index contributed by atoms with van der Waals surface area (Å²) in [5.41, 5.74) is 0.395. The minimum absolute atomic E-state index is 0.00797. The zero-order chi connectivity index (χ0) is 20.2. The fraction of sp³-hybridized carbons (Fsp3) is 0.667. The largest absolute Gasteiger partial charge is 0.354 e. The number of pyridine rings is 1. The highest BCUT2D eigenvalue weighted by atomic mass is 16.2. The molecule has 1 aromatic rings. The molecule has 7 nitrogen and oxygen atoms in total. The first-order chi connectivity index (χ1) is 13.3. The van der Waals surface area contributed by atoms with E-state index in [0.29, 0.717) is 13.0 Å². The number of piperidine rings is 1. The summed E-state index contributed by atoms with van der Waals surface area (Å²) < 4.78 is 0. The molecular formula is C21H33N5O2. The third-order valence-electron chi connectivity index (χ3n) is 5.59. The third kappa shape index (κ3) is 5.01. The summed E-state index contributed by atoms with van der Waals surface area (Å²) in [6.07, 6.45) is 8.02. The van der Waals surface area contributed by atoms with Crippen molar-refractivity contribution in [2.24, 2.45) is 0 Å². The molecule has 3 heterocycles. The standard InChI is InChI=1S/C21H33N5O2/c1-20(2,3)25-19(28)24-17-14-21(9-4-5-13-26(21)15-17)18(27)23-12-8-16-6-10-22-11-7-16/h6-7,10-11,17H,4-5,8-9,12-15H2,1-3H3,(H,23,27)(H2,24,25,28)/t17-,21-/m0/s1. The lowest BCUT2D eigenvalue weighted by molar-refractivity contribution is -0.133. The van der Waals surface area contributed by atoms with Crippen molar-refractivity contribution in [1.82, 2.24) is 25.8 Å². The van der Waals surface area contributed by atoms with E-state index in [0.717, 1.165) is 44.3 Å². The first-order valence-electron chi connectivity index (χ1n) is 10.3. The van der Waals surface area contributed by atoms with Gasteiger partial charge in [-0.25, -0.2) is 4.79 Å². The van der Waals surface area contributed by atoms with Gasteiger partial charge >= 0.3 is 6.03 Å². The smallest absolute Gasteiger partial charge is 0.315 e. The van der Waals surface area contributed by atoms with Gasteiger partial charge < -0.3 is 16.0 Å². The van der Waals surface area contributed by atoms with Crippen LogP contribution >= 0.6 is 0 Å². The highest BCUT2D eigenvalue weighted by molar-refractivity contribution is 5.87. The maximum atomic E-state index is 13.2. The molecule has 0 bridgehead atoms. The zero-order valence-electron chi connectivity index (χ0n) is 17.3. The van der Waals surface area contributed by atoms with Crippen LogP contribution in [0.25, 0.3) is 0 Å². The number of urea groups is 1. The van der Waals surface area contributed by atoms with Gasteiger partial charge in [-0.15, -0.1) is 0 Å². The van der Waals surface area contributed by atoms with Crippen molar-refractivity contribution in [3.05, 3.63) is 30.1 Å². The topological polar surface area (TPSA) is 86.4 Å². The van der Waals surface area contributed by atoms with E-state index in [-0.39, 0.29) is 23.5 Å². The Morgan fingerprint density at radius 1 is 1.25 bits per heavy atom. The van der Waals surface area contributed by atoms with Crippen LogP contribution in [-0.2, 0) is 11.2 Å². The van der Waals surface area contributed by atoms with Crippen LogP contribution < -0.4 is 16.0 Å². The third-order valence-corrected chi connectivity index (χ3v) is 5.59. The van der Waals surface area contributed by atoms with Gasteiger partial charge in [0, 0.05) is 37.1 Å². The van der Waals surface area contributed by atoms with Gasteiger partial charge in [0.15, 0.2) is 0 Å². The maximum Gasteiger partial charge on any atom is 0.315 e. The van der Waals surface area contributed by atoms with Gasteiger partial charge in [0.1, 0.15) is 5.54 Å². The lowest BCUT2D eigenvalue weighted by Gasteiger charge is -2.40. The highest BCUT2D eigenvalue weighted by Gasteiger charge is 2.52. The van der Waals surface area contributed by atoms with Crippen LogP contribution in [0.2, 0.25) is 0 Å². The van der Waals surface area contributed by atoms with Crippen molar-refractivity contribution in [2.45, 2.75) is 70.0 Å². The zero-order valence-corrected chi connectivity index (χ0v) is 17.3. The normalized spacial score (nSPS) is 25.0. The lowest BCUT2D eigenvalue weighted by Crippen LogP contribution is -2.57. The van der Waals surface area contributed by atoms with E-state index in [1.54, 1.807) is 12.4 Å². The molecule has 0 aromatic carbocycles. The minimum Gasteiger partial charge on any atom is -0.354 e. The van der Waals surface area contributed by atoms with Crippen LogP contribution in [0.1, 0.15) is 52.0 Å².